The molecule has 0 spiro atoms. The molecule has 4 nitrogen and oxygen atoms in total. The average Bonchev–Trinajstić information content (AvgIpc) is 2.39. The van der Waals surface area contributed by atoms with Crippen molar-refractivity contribution in [1.29, 1.82) is 0 Å². The summed E-state index contributed by atoms with van der Waals surface area (Å²) in [6.45, 7) is 6.53. The van der Waals surface area contributed by atoms with Gasteiger partial charge in [-0.25, -0.2) is 0 Å². The van der Waals surface area contributed by atoms with E-state index >= 15 is 0 Å². The SMILES string of the molecule is CC(C)c1ccc(NC(=O)CN2CCCC(N)C2)cc1.Cl. The summed E-state index contributed by atoms with van der Waals surface area (Å²) < 4.78 is 0. The van der Waals surface area contributed by atoms with Crippen LogP contribution >= 0.6 is 12.4 Å². The molecule has 1 aliphatic rings. The van der Waals surface area contributed by atoms with Crippen molar-refractivity contribution >= 4 is 24.0 Å². The molecular formula is C16H26ClN3O. The summed E-state index contributed by atoms with van der Waals surface area (Å²) in [6.07, 6.45) is 2.15. The first-order valence-corrected chi connectivity index (χ1v) is 7.42. The summed E-state index contributed by atoms with van der Waals surface area (Å²) in [7, 11) is 0. The number of amides is 1. The van der Waals surface area contributed by atoms with Crippen molar-refractivity contribution in [3.8, 4) is 0 Å². The van der Waals surface area contributed by atoms with Gasteiger partial charge in [-0.2, -0.15) is 0 Å². The van der Waals surface area contributed by atoms with Gasteiger partial charge in [-0.05, 0) is 43.0 Å². The van der Waals surface area contributed by atoms with Crippen molar-refractivity contribution in [2.75, 3.05) is 25.0 Å². The number of piperidine rings is 1. The molecule has 1 aliphatic heterocycles. The third kappa shape index (κ3) is 5.65. The second-order valence-electron chi connectivity index (χ2n) is 5.96. The first-order chi connectivity index (χ1) is 9.54. The number of nitrogens with one attached hydrogen (secondary N) is 1. The Kier molecular flexibility index (Phi) is 7.15. The van der Waals surface area contributed by atoms with Crippen molar-refractivity contribution in [2.45, 2.75) is 38.6 Å². The van der Waals surface area contributed by atoms with Gasteiger partial charge in [0.1, 0.15) is 0 Å². The van der Waals surface area contributed by atoms with E-state index in [1.165, 1.54) is 5.56 Å². The van der Waals surface area contributed by atoms with Gasteiger partial charge in [-0.1, -0.05) is 26.0 Å². The van der Waals surface area contributed by atoms with E-state index in [-0.39, 0.29) is 24.4 Å². The number of hydrogen-bond donors (Lipinski definition) is 2. The van der Waals surface area contributed by atoms with E-state index in [1.807, 2.05) is 12.1 Å². The van der Waals surface area contributed by atoms with E-state index in [0.29, 0.717) is 12.5 Å². The van der Waals surface area contributed by atoms with Crippen LogP contribution in [0, 0.1) is 0 Å². The highest BCUT2D eigenvalue weighted by Crippen LogP contribution is 2.17. The zero-order chi connectivity index (χ0) is 14.5. The third-order valence-electron chi connectivity index (χ3n) is 3.77. The molecule has 1 aromatic rings. The van der Waals surface area contributed by atoms with E-state index < -0.39 is 0 Å². The van der Waals surface area contributed by atoms with Crippen LogP contribution in [0.5, 0.6) is 0 Å². The number of likely N-dealkylation sites (tertiary alicyclic amines) is 1. The molecule has 0 bridgehead atoms. The fourth-order valence-corrected chi connectivity index (χ4v) is 2.59. The summed E-state index contributed by atoms with van der Waals surface area (Å²) in [4.78, 5) is 14.1. The predicted octanol–water partition coefficient (Wildman–Crippen LogP) is 2.59. The van der Waals surface area contributed by atoms with Crippen molar-refractivity contribution in [3.63, 3.8) is 0 Å². The fourth-order valence-electron chi connectivity index (χ4n) is 2.59. The fraction of sp³-hybridized carbons (Fsp3) is 0.562. The Hall–Kier alpha value is -1.10. The van der Waals surface area contributed by atoms with Crippen LogP contribution in [0.1, 0.15) is 38.2 Å². The van der Waals surface area contributed by atoms with E-state index in [1.54, 1.807) is 0 Å². The zero-order valence-corrected chi connectivity index (χ0v) is 13.7. The van der Waals surface area contributed by atoms with Crippen LogP contribution < -0.4 is 11.1 Å². The topological polar surface area (TPSA) is 58.4 Å². The lowest BCUT2D eigenvalue weighted by Crippen LogP contribution is -2.45. The third-order valence-corrected chi connectivity index (χ3v) is 3.77. The number of nitrogens with two attached hydrogens (primary N) is 1. The maximum absolute atomic E-state index is 12.0. The van der Waals surface area contributed by atoms with Crippen LogP contribution in [0.25, 0.3) is 0 Å². The standard InChI is InChI=1S/C16H25N3O.ClH/c1-12(2)13-5-7-15(8-6-13)18-16(20)11-19-9-3-4-14(17)10-19;/h5-8,12,14H,3-4,9-11,17H2,1-2H3,(H,18,20);1H. The van der Waals surface area contributed by atoms with E-state index in [2.05, 4.69) is 36.2 Å². The van der Waals surface area contributed by atoms with Crippen LogP contribution in [0.4, 0.5) is 5.69 Å². The summed E-state index contributed by atoms with van der Waals surface area (Å²) in [6, 6.07) is 8.28. The van der Waals surface area contributed by atoms with Gasteiger partial charge in [-0.15, -0.1) is 12.4 Å². The maximum atomic E-state index is 12.0. The van der Waals surface area contributed by atoms with Crippen molar-refractivity contribution < 1.29 is 4.79 Å². The molecular weight excluding hydrogens is 286 g/mol. The monoisotopic (exact) mass is 311 g/mol. The Bertz CT molecular complexity index is 447. The van der Waals surface area contributed by atoms with Crippen LogP contribution in [-0.2, 0) is 4.79 Å². The Morgan fingerprint density at radius 2 is 2.05 bits per heavy atom. The Morgan fingerprint density at radius 3 is 2.62 bits per heavy atom. The summed E-state index contributed by atoms with van der Waals surface area (Å²) in [5, 5.41) is 2.95. The number of carbonyl (C=O) groups excluding carboxylic acids is 1. The summed E-state index contributed by atoms with van der Waals surface area (Å²) >= 11 is 0. The number of nitrogens with zero attached hydrogens (tertiary/aromatic N) is 1. The molecule has 1 heterocycles. The number of anilines is 1. The van der Waals surface area contributed by atoms with Gasteiger partial charge < -0.3 is 11.1 Å². The number of carbonyl (C=O) groups is 1. The Labute approximate surface area is 133 Å². The first-order valence-electron chi connectivity index (χ1n) is 7.42. The summed E-state index contributed by atoms with van der Waals surface area (Å²) in [5.41, 5.74) is 8.07. The van der Waals surface area contributed by atoms with Gasteiger partial charge in [0.05, 0.1) is 6.54 Å². The maximum Gasteiger partial charge on any atom is 0.238 e. The Morgan fingerprint density at radius 1 is 1.38 bits per heavy atom. The molecule has 1 amide bonds. The van der Waals surface area contributed by atoms with Gasteiger partial charge in [0.15, 0.2) is 0 Å². The Balaban J connectivity index is 0.00000220. The van der Waals surface area contributed by atoms with Crippen LogP contribution in [0.15, 0.2) is 24.3 Å². The molecule has 1 aromatic carbocycles. The second kappa shape index (κ2) is 8.37. The molecule has 5 heteroatoms. The van der Waals surface area contributed by atoms with Gasteiger partial charge in [0, 0.05) is 18.3 Å². The lowest BCUT2D eigenvalue weighted by Gasteiger charge is -2.29. The summed E-state index contributed by atoms with van der Waals surface area (Å²) in [5.74, 6) is 0.547. The minimum absolute atomic E-state index is 0. The molecule has 2 rings (SSSR count). The molecule has 1 fully saturated rings. The quantitative estimate of drug-likeness (QED) is 0.898. The molecule has 0 saturated carbocycles. The molecule has 1 unspecified atom stereocenters. The average molecular weight is 312 g/mol. The number of rotatable bonds is 4. The highest BCUT2D eigenvalue weighted by Gasteiger charge is 2.18. The van der Waals surface area contributed by atoms with Gasteiger partial charge in [-0.3, -0.25) is 9.69 Å². The minimum atomic E-state index is 0. The molecule has 21 heavy (non-hydrogen) atoms. The van der Waals surface area contributed by atoms with Gasteiger partial charge in [0.25, 0.3) is 0 Å². The molecule has 0 aromatic heterocycles. The normalized spacial score (nSPS) is 19.1. The smallest absolute Gasteiger partial charge is 0.238 e. The van der Waals surface area contributed by atoms with Crippen molar-refractivity contribution in [2.24, 2.45) is 5.73 Å². The molecule has 0 radical (unpaired) electrons. The lowest BCUT2D eigenvalue weighted by atomic mass is 10.0. The van der Waals surface area contributed by atoms with Crippen LogP contribution in [0.3, 0.4) is 0 Å². The first kappa shape index (κ1) is 18.0. The van der Waals surface area contributed by atoms with Crippen molar-refractivity contribution in [3.05, 3.63) is 29.8 Å². The second-order valence-corrected chi connectivity index (χ2v) is 5.96. The number of benzene rings is 1. The predicted molar refractivity (Wildman–Crippen MR) is 90.1 cm³/mol. The highest BCUT2D eigenvalue weighted by atomic mass is 35.5. The van der Waals surface area contributed by atoms with Crippen LogP contribution in [-0.4, -0.2) is 36.5 Å². The lowest BCUT2D eigenvalue weighted by molar-refractivity contribution is -0.117. The van der Waals surface area contributed by atoms with Gasteiger partial charge in [0.2, 0.25) is 5.91 Å². The van der Waals surface area contributed by atoms with Crippen LogP contribution in [0.2, 0.25) is 0 Å². The van der Waals surface area contributed by atoms with E-state index in [4.69, 9.17) is 5.73 Å². The minimum Gasteiger partial charge on any atom is -0.327 e. The van der Waals surface area contributed by atoms with E-state index in [9.17, 15) is 4.79 Å². The number of halogens is 1. The number of hydrogen-bond acceptors (Lipinski definition) is 3. The highest BCUT2D eigenvalue weighted by molar-refractivity contribution is 5.92. The molecule has 118 valence electrons. The van der Waals surface area contributed by atoms with Gasteiger partial charge >= 0.3 is 0 Å². The van der Waals surface area contributed by atoms with E-state index in [0.717, 1.165) is 31.6 Å². The zero-order valence-electron chi connectivity index (χ0n) is 12.8. The molecule has 3 N–H and O–H groups in total. The largest absolute Gasteiger partial charge is 0.327 e. The molecule has 1 atom stereocenters. The molecule has 1 saturated heterocycles. The van der Waals surface area contributed by atoms with Crippen molar-refractivity contribution in [1.82, 2.24) is 4.90 Å². The molecule has 0 aliphatic carbocycles.